The number of phenolic OH excluding ortho intramolecular Hbond substituents is 1. The number of fused-ring (bicyclic) bond motifs is 1. The van der Waals surface area contributed by atoms with E-state index in [0.29, 0.717) is 30.4 Å². The van der Waals surface area contributed by atoms with E-state index in [4.69, 9.17) is 14.2 Å². The summed E-state index contributed by atoms with van der Waals surface area (Å²) in [5.41, 5.74) is 0.211. The van der Waals surface area contributed by atoms with Gasteiger partial charge in [0.15, 0.2) is 11.5 Å². The normalized spacial score (nSPS) is 12.0. The van der Waals surface area contributed by atoms with Crippen molar-refractivity contribution >= 4 is 21.8 Å². The van der Waals surface area contributed by atoms with E-state index in [1.165, 1.54) is 6.07 Å². The molecule has 1 aliphatic heterocycles. The molecule has 0 saturated heterocycles. The number of ether oxygens (including phenoxy) is 3. The monoisotopic (exact) mass is 379 g/mol. The highest BCUT2D eigenvalue weighted by Gasteiger charge is 2.14. The summed E-state index contributed by atoms with van der Waals surface area (Å²) >= 11 is 3.26. The van der Waals surface area contributed by atoms with Gasteiger partial charge in [-0.1, -0.05) is 15.9 Å². The molecular weight excluding hydrogens is 366 g/mol. The Hall–Kier alpha value is -2.41. The number of rotatable bonds is 5. The number of amides is 1. The van der Waals surface area contributed by atoms with Crippen LogP contribution in [0.1, 0.15) is 10.4 Å². The fourth-order valence-electron chi connectivity index (χ4n) is 2.09. The lowest BCUT2D eigenvalue weighted by molar-refractivity contribution is 0.0944. The quantitative estimate of drug-likeness (QED) is 0.781. The Morgan fingerprint density at radius 1 is 1.22 bits per heavy atom. The Kier molecular flexibility index (Phi) is 4.57. The number of hydrogen-bond donors (Lipinski definition) is 2. The van der Waals surface area contributed by atoms with Crippen molar-refractivity contribution in [2.75, 3.05) is 19.9 Å². The van der Waals surface area contributed by atoms with Gasteiger partial charge in [-0.15, -0.1) is 0 Å². The highest BCUT2D eigenvalue weighted by Crippen LogP contribution is 2.35. The van der Waals surface area contributed by atoms with Gasteiger partial charge in [0.05, 0.1) is 12.1 Å². The first-order valence-corrected chi connectivity index (χ1v) is 7.72. The second-order valence-electron chi connectivity index (χ2n) is 4.78. The lowest BCUT2D eigenvalue weighted by atomic mass is 10.2. The summed E-state index contributed by atoms with van der Waals surface area (Å²) in [7, 11) is 0. The largest absolute Gasteiger partial charge is 0.507 e. The summed E-state index contributed by atoms with van der Waals surface area (Å²) in [5, 5.41) is 12.4. The van der Waals surface area contributed by atoms with Crippen LogP contribution >= 0.6 is 15.9 Å². The molecule has 1 amide bonds. The van der Waals surface area contributed by atoms with E-state index in [0.717, 1.165) is 4.47 Å². The van der Waals surface area contributed by atoms with Crippen LogP contribution in [0.4, 0.5) is 0 Å². The van der Waals surface area contributed by atoms with E-state index >= 15 is 0 Å². The predicted molar refractivity (Wildman–Crippen MR) is 86.2 cm³/mol. The van der Waals surface area contributed by atoms with Crippen molar-refractivity contribution in [1.29, 1.82) is 0 Å². The number of hydrogen-bond acceptors (Lipinski definition) is 5. The van der Waals surface area contributed by atoms with Gasteiger partial charge in [-0.05, 0) is 30.3 Å². The van der Waals surface area contributed by atoms with Crippen LogP contribution in [0.3, 0.4) is 0 Å². The molecule has 0 radical (unpaired) electrons. The molecule has 6 nitrogen and oxygen atoms in total. The van der Waals surface area contributed by atoms with Crippen molar-refractivity contribution in [2.45, 2.75) is 0 Å². The van der Waals surface area contributed by atoms with Gasteiger partial charge in [0, 0.05) is 10.5 Å². The lowest BCUT2D eigenvalue weighted by Gasteiger charge is -2.09. The molecule has 2 aromatic rings. The molecule has 0 unspecified atom stereocenters. The highest BCUT2D eigenvalue weighted by atomic mass is 79.9. The minimum atomic E-state index is -0.363. The molecular formula is C16H14BrNO5. The number of benzene rings is 2. The number of phenols is 1. The van der Waals surface area contributed by atoms with Crippen LogP contribution in [0.15, 0.2) is 40.9 Å². The van der Waals surface area contributed by atoms with Gasteiger partial charge < -0.3 is 24.6 Å². The van der Waals surface area contributed by atoms with E-state index in [2.05, 4.69) is 21.2 Å². The topological polar surface area (TPSA) is 77.0 Å². The van der Waals surface area contributed by atoms with Crippen molar-refractivity contribution in [2.24, 2.45) is 0 Å². The Balaban J connectivity index is 1.50. The molecule has 120 valence electrons. The molecule has 3 rings (SSSR count). The maximum absolute atomic E-state index is 12.0. The molecule has 0 spiro atoms. The molecule has 1 aliphatic rings. The van der Waals surface area contributed by atoms with Crippen LogP contribution in [-0.2, 0) is 0 Å². The summed E-state index contributed by atoms with van der Waals surface area (Å²) < 4.78 is 16.7. The van der Waals surface area contributed by atoms with Crippen molar-refractivity contribution in [3.8, 4) is 23.0 Å². The molecule has 0 bridgehead atoms. The lowest BCUT2D eigenvalue weighted by Crippen LogP contribution is -2.28. The van der Waals surface area contributed by atoms with Gasteiger partial charge in [-0.3, -0.25) is 4.79 Å². The molecule has 0 fully saturated rings. The third kappa shape index (κ3) is 3.68. The van der Waals surface area contributed by atoms with E-state index in [9.17, 15) is 9.90 Å². The number of halogens is 1. The second-order valence-corrected chi connectivity index (χ2v) is 5.70. The van der Waals surface area contributed by atoms with E-state index in [1.54, 1.807) is 30.3 Å². The zero-order valence-electron chi connectivity index (χ0n) is 12.0. The standard InChI is InChI=1S/C16H14BrNO5/c17-10-1-3-13(19)12(7-10)16(20)18-5-6-21-11-2-4-14-15(8-11)23-9-22-14/h1-4,7-8,19H,5-6,9H2,(H,18,20). The third-order valence-corrected chi connectivity index (χ3v) is 3.70. The first kappa shape index (κ1) is 15.5. The van der Waals surface area contributed by atoms with Crippen LogP contribution in [0, 0.1) is 0 Å². The summed E-state index contributed by atoms with van der Waals surface area (Å²) in [6, 6.07) is 9.97. The smallest absolute Gasteiger partial charge is 0.255 e. The fourth-order valence-corrected chi connectivity index (χ4v) is 2.45. The average Bonchev–Trinajstić information content (AvgIpc) is 3.01. The number of carbonyl (C=O) groups excluding carboxylic acids is 1. The van der Waals surface area contributed by atoms with Crippen molar-refractivity contribution in [1.82, 2.24) is 5.32 Å². The first-order valence-electron chi connectivity index (χ1n) is 6.92. The van der Waals surface area contributed by atoms with Crippen LogP contribution in [0.25, 0.3) is 0 Å². The van der Waals surface area contributed by atoms with Gasteiger partial charge in [-0.2, -0.15) is 0 Å². The predicted octanol–water partition coefficient (Wildman–Crippen LogP) is 2.69. The first-order chi connectivity index (χ1) is 11.1. The SMILES string of the molecule is O=C(NCCOc1ccc2c(c1)OCO2)c1cc(Br)ccc1O. The van der Waals surface area contributed by atoms with Gasteiger partial charge in [0.1, 0.15) is 18.1 Å². The molecule has 2 aromatic carbocycles. The van der Waals surface area contributed by atoms with Crippen LogP contribution < -0.4 is 19.5 Å². The Labute approximate surface area is 141 Å². The Morgan fingerprint density at radius 2 is 2.04 bits per heavy atom. The van der Waals surface area contributed by atoms with Gasteiger partial charge in [0.25, 0.3) is 5.91 Å². The van der Waals surface area contributed by atoms with Gasteiger partial charge in [-0.25, -0.2) is 0 Å². The summed E-state index contributed by atoms with van der Waals surface area (Å²) in [4.78, 5) is 12.0. The molecule has 1 heterocycles. The molecule has 0 aromatic heterocycles. The van der Waals surface area contributed by atoms with Gasteiger partial charge >= 0.3 is 0 Å². The van der Waals surface area contributed by atoms with E-state index in [1.807, 2.05) is 0 Å². The minimum absolute atomic E-state index is 0.0672. The highest BCUT2D eigenvalue weighted by molar-refractivity contribution is 9.10. The number of carbonyl (C=O) groups is 1. The van der Waals surface area contributed by atoms with Crippen molar-refractivity contribution < 1.29 is 24.1 Å². The zero-order chi connectivity index (χ0) is 16.2. The zero-order valence-corrected chi connectivity index (χ0v) is 13.6. The summed E-state index contributed by atoms with van der Waals surface area (Å²) in [5.74, 6) is 1.54. The maximum Gasteiger partial charge on any atom is 0.255 e. The molecule has 7 heteroatoms. The number of nitrogens with one attached hydrogen (secondary N) is 1. The number of aromatic hydroxyl groups is 1. The molecule has 2 N–H and O–H groups in total. The van der Waals surface area contributed by atoms with Gasteiger partial charge in [0.2, 0.25) is 6.79 Å². The Bertz CT molecular complexity index is 734. The van der Waals surface area contributed by atoms with Crippen molar-refractivity contribution in [3.05, 3.63) is 46.4 Å². The van der Waals surface area contributed by atoms with Crippen molar-refractivity contribution in [3.63, 3.8) is 0 Å². The third-order valence-electron chi connectivity index (χ3n) is 3.20. The van der Waals surface area contributed by atoms with Crippen LogP contribution in [-0.4, -0.2) is 31.0 Å². The average molecular weight is 380 g/mol. The molecule has 0 saturated carbocycles. The van der Waals surface area contributed by atoms with Crippen LogP contribution in [0.5, 0.6) is 23.0 Å². The molecule has 0 atom stereocenters. The molecule has 23 heavy (non-hydrogen) atoms. The van der Waals surface area contributed by atoms with E-state index in [-0.39, 0.29) is 24.0 Å². The minimum Gasteiger partial charge on any atom is -0.507 e. The summed E-state index contributed by atoms with van der Waals surface area (Å²) in [6.45, 7) is 0.810. The maximum atomic E-state index is 12.0. The fraction of sp³-hybridized carbons (Fsp3) is 0.188. The molecule has 0 aliphatic carbocycles. The summed E-state index contributed by atoms with van der Waals surface area (Å²) in [6.07, 6.45) is 0. The van der Waals surface area contributed by atoms with Crippen LogP contribution in [0.2, 0.25) is 0 Å². The Morgan fingerprint density at radius 3 is 2.91 bits per heavy atom. The second kappa shape index (κ2) is 6.78. The van der Waals surface area contributed by atoms with E-state index < -0.39 is 0 Å².